The number of carbonyl (C=O) groups is 1. The van der Waals surface area contributed by atoms with Crippen LogP contribution in [0.4, 0.5) is 5.69 Å². The highest BCUT2D eigenvalue weighted by Crippen LogP contribution is 2.25. The number of aryl methyl sites for hydroxylation is 2. The number of aliphatic imine (C=N–C) groups is 1. The van der Waals surface area contributed by atoms with Crippen molar-refractivity contribution in [2.24, 2.45) is 4.99 Å². The normalized spacial score (nSPS) is 11.1. The van der Waals surface area contributed by atoms with Gasteiger partial charge in [-0.25, -0.2) is 4.99 Å². The van der Waals surface area contributed by atoms with Crippen LogP contribution in [0.25, 0.3) is 0 Å². The van der Waals surface area contributed by atoms with E-state index in [1.807, 2.05) is 25.1 Å². The molecule has 0 aliphatic rings. The number of guanidine groups is 1. The zero-order valence-corrected chi connectivity index (χ0v) is 18.1. The van der Waals surface area contributed by atoms with E-state index in [1.54, 1.807) is 7.11 Å². The van der Waals surface area contributed by atoms with Crippen LogP contribution in [0, 0.1) is 13.8 Å². The third kappa shape index (κ3) is 7.49. The minimum atomic E-state index is -0.134. The molecule has 0 saturated heterocycles. The summed E-state index contributed by atoms with van der Waals surface area (Å²) in [7, 11) is 1.58. The molecule has 1 amide bonds. The van der Waals surface area contributed by atoms with Crippen molar-refractivity contribution in [1.29, 1.82) is 0 Å². The smallest absolute Gasteiger partial charge is 0.221 e. The van der Waals surface area contributed by atoms with E-state index in [2.05, 4.69) is 53.0 Å². The quantitative estimate of drug-likeness (QED) is 0.471. The van der Waals surface area contributed by atoms with Crippen LogP contribution >= 0.6 is 0 Å². The number of carbonyl (C=O) groups excluding carboxylic acids is 1. The van der Waals surface area contributed by atoms with E-state index in [0.717, 1.165) is 31.0 Å². The molecule has 6 heteroatoms. The van der Waals surface area contributed by atoms with Gasteiger partial charge in [0.25, 0.3) is 0 Å². The number of hydrogen-bond donors (Lipinski definition) is 3. The van der Waals surface area contributed by atoms with Crippen LogP contribution in [0.3, 0.4) is 0 Å². The van der Waals surface area contributed by atoms with Crippen LogP contribution in [0.1, 0.15) is 36.1 Å². The number of anilines is 1. The minimum absolute atomic E-state index is 0.134. The third-order valence-corrected chi connectivity index (χ3v) is 4.33. The summed E-state index contributed by atoms with van der Waals surface area (Å²) in [6.07, 6.45) is 0.933. The highest BCUT2D eigenvalue weighted by Gasteiger charge is 2.06. The Morgan fingerprint density at radius 2 is 1.76 bits per heavy atom. The number of nitrogens with one attached hydrogen (secondary N) is 3. The van der Waals surface area contributed by atoms with E-state index >= 15 is 0 Å². The molecule has 6 nitrogen and oxygen atoms in total. The number of amides is 1. The van der Waals surface area contributed by atoms with E-state index in [0.29, 0.717) is 18.0 Å². The molecule has 0 aliphatic carbocycles. The number of hydrogen-bond acceptors (Lipinski definition) is 3. The number of benzene rings is 2. The van der Waals surface area contributed by atoms with Gasteiger partial charge < -0.3 is 20.7 Å². The van der Waals surface area contributed by atoms with Crippen LogP contribution in [0.2, 0.25) is 0 Å². The summed E-state index contributed by atoms with van der Waals surface area (Å²) in [5, 5.41) is 9.46. The molecule has 0 aliphatic heterocycles. The average Bonchev–Trinajstić information content (AvgIpc) is 2.65. The molecule has 2 aromatic rings. The van der Waals surface area contributed by atoms with E-state index in [9.17, 15) is 4.79 Å². The lowest BCUT2D eigenvalue weighted by atomic mass is 10.1. The maximum Gasteiger partial charge on any atom is 0.221 e. The Hall–Kier alpha value is -3.02. The maximum atomic E-state index is 11.4. The molecule has 2 aromatic carbocycles. The molecule has 29 heavy (non-hydrogen) atoms. The van der Waals surface area contributed by atoms with Gasteiger partial charge in [-0.1, -0.05) is 35.4 Å². The third-order valence-electron chi connectivity index (χ3n) is 4.33. The number of methoxy groups -OCH3 is 1. The summed E-state index contributed by atoms with van der Waals surface area (Å²) < 4.78 is 5.30. The van der Waals surface area contributed by atoms with Gasteiger partial charge in [0.2, 0.25) is 5.91 Å². The largest absolute Gasteiger partial charge is 0.495 e. The van der Waals surface area contributed by atoms with E-state index in [-0.39, 0.29) is 5.91 Å². The Morgan fingerprint density at radius 1 is 1.03 bits per heavy atom. The molecule has 156 valence electrons. The first-order chi connectivity index (χ1) is 13.9. The van der Waals surface area contributed by atoms with Crippen molar-refractivity contribution in [3.63, 3.8) is 0 Å². The van der Waals surface area contributed by atoms with Crippen molar-refractivity contribution < 1.29 is 9.53 Å². The zero-order chi connectivity index (χ0) is 21.2. The molecule has 2 rings (SSSR count). The van der Waals surface area contributed by atoms with E-state index < -0.39 is 0 Å². The van der Waals surface area contributed by atoms with Crippen molar-refractivity contribution in [2.45, 2.75) is 40.7 Å². The Bertz CT molecular complexity index is 842. The van der Waals surface area contributed by atoms with Gasteiger partial charge in [-0.2, -0.15) is 0 Å². The first-order valence-corrected chi connectivity index (χ1v) is 9.95. The highest BCUT2D eigenvalue weighted by molar-refractivity contribution is 5.90. The predicted octanol–water partition coefficient (Wildman–Crippen LogP) is 3.57. The van der Waals surface area contributed by atoms with Crippen LogP contribution in [-0.4, -0.2) is 32.1 Å². The van der Waals surface area contributed by atoms with Crippen LogP contribution in [-0.2, 0) is 17.8 Å². The fraction of sp³-hybridized carbons (Fsp3) is 0.391. The van der Waals surface area contributed by atoms with Gasteiger partial charge in [0.15, 0.2) is 5.96 Å². The summed E-state index contributed by atoms with van der Waals surface area (Å²) >= 11 is 0. The van der Waals surface area contributed by atoms with Crippen molar-refractivity contribution in [2.75, 3.05) is 25.5 Å². The molecule has 0 spiro atoms. The Labute approximate surface area is 173 Å². The van der Waals surface area contributed by atoms with Crippen LogP contribution in [0.15, 0.2) is 41.4 Å². The molecular formula is C23H32N4O2. The van der Waals surface area contributed by atoms with Gasteiger partial charge in [-0.3, -0.25) is 4.79 Å². The number of rotatable bonds is 8. The lowest BCUT2D eigenvalue weighted by Crippen LogP contribution is -2.38. The lowest BCUT2D eigenvalue weighted by Gasteiger charge is -2.13. The van der Waals surface area contributed by atoms with Crippen molar-refractivity contribution in [3.8, 4) is 5.75 Å². The molecular weight excluding hydrogens is 364 g/mol. The fourth-order valence-corrected chi connectivity index (χ4v) is 3.19. The van der Waals surface area contributed by atoms with Crippen LogP contribution < -0.4 is 20.7 Å². The first kappa shape index (κ1) is 22.3. The predicted molar refractivity (Wildman–Crippen MR) is 120 cm³/mol. The van der Waals surface area contributed by atoms with Crippen molar-refractivity contribution >= 4 is 17.6 Å². The molecule has 0 bridgehead atoms. The number of nitrogens with zero attached hydrogens (tertiary/aromatic N) is 1. The lowest BCUT2D eigenvalue weighted by molar-refractivity contribution is -0.114. The first-order valence-electron chi connectivity index (χ1n) is 9.95. The molecule has 0 heterocycles. The zero-order valence-electron chi connectivity index (χ0n) is 18.1. The van der Waals surface area contributed by atoms with Gasteiger partial charge >= 0.3 is 0 Å². The summed E-state index contributed by atoms with van der Waals surface area (Å²) in [5.74, 6) is 1.27. The summed E-state index contributed by atoms with van der Waals surface area (Å²) in [6.45, 7) is 9.86. The topological polar surface area (TPSA) is 74.8 Å². The average molecular weight is 397 g/mol. The van der Waals surface area contributed by atoms with Gasteiger partial charge in [0.1, 0.15) is 5.75 Å². The second-order valence-corrected chi connectivity index (χ2v) is 7.08. The summed E-state index contributed by atoms with van der Waals surface area (Å²) in [6, 6.07) is 12.3. The molecule has 0 aromatic heterocycles. The minimum Gasteiger partial charge on any atom is -0.495 e. The van der Waals surface area contributed by atoms with Gasteiger partial charge in [-0.15, -0.1) is 0 Å². The van der Waals surface area contributed by atoms with Gasteiger partial charge in [0.05, 0.1) is 19.3 Å². The molecule has 0 atom stereocenters. The summed E-state index contributed by atoms with van der Waals surface area (Å²) in [5.41, 5.74) is 5.53. The van der Waals surface area contributed by atoms with Crippen LogP contribution in [0.5, 0.6) is 5.75 Å². The summed E-state index contributed by atoms with van der Waals surface area (Å²) in [4.78, 5) is 16.1. The maximum absolute atomic E-state index is 11.4. The van der Waals surface area contributed by atoms with Gasteiger partial charge in [-0.05, 0) is 50.5 Å². The molecule has 0 unspecified atom stereocenters. The molecule has 0 radical (unpaired) electrons. The molecule has 0 fully saturated rings. The molecule has 3 N–H and O–H groups in total. The Morgan fingerprint density at radius 3 is 2.38 bits per heavy atom. The number of ether oxygens (including phenoxy) is 1. The van der Waals surface area contributed by atoms with Crippen molar-refractivity contribution in [1.82, 2.24) is 10.6 Å². The fourth-order valence-electron chi connectivity index (χ4n) is 3.19. The molecule has 0 saturated carbocycles. The second kappa shape index (κ2) is 11.1. The SMILES string of the molecule is CCNC(=NCc1ccc(OC)c(NC(C)=O)c1)NCCc1cc(C)cc(C)c1. The second-order valence-electron chi connectivity index (χ2n) is 7.08. The monoisotopic (exact) mass is 396 g/mol. The van der Waals surface area contributed by atoms with E-state index in [4.69, 9.17) is 4.74 Å². The highest BCUT2D eigenvalue weighted by atomic mass is 16.5. The van der Waals surface area contributed by atoms with Gasteiger partial charge in [0, 0.05) is 20.0 Å². The van der Waals surface area contributed by atoms with Crippen molar-refractivity contribution in [3.05, 3.63) is 58.7 Å². The standard InChI is InChI=1S/C23H32N4O2/c1-6-24-23(25-10-9-19-12-16(2)11-17(3)13-19)26-15-20-7-8-22(29-5)21(14-20)27-18(4)28/h7-8,11-14H,6,9-10,15H2,1-5H3,(H,27,28)(H2,24,25,26). The Kier molecular flexibility index (Phi) is 8.52. The Balaban J connectivity index is 2.01. The van der Waals surface area contributed by atoms with E-state index in [1.165, 1.54) is 23.6 Å².